The van der Waals surface area contributed by atoms with Crippen LogP contribution in [0.5, 0.6) is 0 Å². The predicted octanol–water partition coefficient (Wildman–Crippen LogP) is 3.04. The summed E-state index contributed by atoms with van der Waals surface area (Å²) in [5, 5.41) is 8.65. The Morgan fingerprint density at radius 3 is 2.30 bits per heavy atom. The molecular formula is C13H23IN2O4. The number of carbonyl (C=O) groups excluding carboxylic acids is 1. The molecule has 7 heteroatoms. The number of ether oxygens (including phenoxy) is 1. The second-order valence-electron chi connectivity index (χ2n) is 3.73. The molecular weight excluding hydrogens is 375 g/mol. The third-order valence-corrected chi connectivity index (χ3v) is 2.37. The van der Waals surface area contributed by atoms with E-state index in [1.807, 2.05) is 13.8 Å². The van der Waals surface area contributed by atoms with Crippen molar-refractivity contribution in [3.05, 3.63) is 0 Å². The van der Waals surface area contributed by atoms with Crippen molar-refractivity contribution < 1.29 is 19.4 Å². The SMILES string of the molecule is CCCCN(C#CCI)C(=O)O.CCCCOC(N)=O. The second-order valence-corrected chi connectivity index (χ2v) is 4.49. The summed E-state index contributed by atoms with van der Waals surface area (Å²) in [6, 6.07) is 2.58. The highest BCUT2D eigenvalue weighted by Crippen LogP contribution is 1.93. The summed E-state index contributed by atoms with van der Waals surface area (Å²) in [5.74, 6) is 2.72. The number of nitrogens with zero attached hydrogens (tertiary/aromatic N) is 1. The maximum absolute atomic E-state index is 10.5. The number of unbranched alkanes of at least 4 members (excludes halogenated alkanes) is 2. The van der Waals surface area contributed by atoms with Crippen LogP contribution in [0.25, 0.3) is 0 Å². The Bertz CT molecular complexity index is 326. The maximum Gasteiger partial charge on any atom is 0.419 e. The third kappa shape index (κ3) is 16.8. The fourth-order valence-electron chi connectivity index (χ4n) is 0.958. The molecule has 6 nitrogen and oxygen atoms in total. The number of alkyl halides is 1. The molecule has 116 valence electrons. The van der Waals surface area contributed by atoms with Crippen molar-refractivity contribution in [2.45, 2.75) is 39.5 Å². The van der Waals surface area contributed by atoms with E-state index >= 15 is 0 Å². The van der Waals surface area contributed by atoms with Crippen LogP contribution in [0, 0.1) is 12.0 Å². The van der Waals surface area contributed by atoms with Gasteiger partial charge >= 0.3 is 12.2 Å². The molecule has 0 unspecified atom stereocenters. The van der Waals surface area contributed by atoms with E-state index in [9.17, 15) is 9.59 Å². The number of halogens is 1. The van der Waals surface area contributed by atoms with Gasteiger partial charge in [-0.15, -0.1) is 0 Å². The molecule has 0 radical (unpaired) electrons. The molecule has 0 rings (SSSR count). The first-order chi connectivity index (χ1) is 9.49. The zero-order valence-corrected chi connectivity index (χ0v) is 14.2. The van der Waals surface area contributed by atoms with Crippen LogP contribution in [-0.4, -0.2) is 39.8 Å². The summed E-state index contributed by atoms with van der Waals surface area (Å²) < 4.78 is 5.08. The van der Waals surface area contributed by atoms with E-state index in [1.165, 1.54) is 0 Å². The molecule has 0 aromatic heterocycles. The topological polar surface area (TPSA) is 92.9 Å². The van der Waals surface area contributed by atoms with Crippen LogP contribution in [0.3, 0.4) is 0 Å². The van der Waals surface area contributed by atoms with Gasteiger partial charge in [0.1, 0.15) is 0 Å². The number of hydrogen-bond acceptors (Lipinski definition) is 3. The molecule has 0 spiro atoms. The van der Waals surface area contributed by atoms with Gasteiger partial charge in [0.2, 0.25) is 0 Å². The zero-order valence-electron chi connectivity index (χ0n) is 12.0. The first-order valence-electron chi connectivity index (χ1n) is 6.46. The number of rotatable bonds is 6. The molecule has 0 bridgehead atoms. The standard InChI is InChI=1S/C8H12INO2.C5H11NO2/c1-2-3-6-10(8(11)12)7-4-5-9;1-2-3-4-8-5(6)7/h2-3,5-6H2,1H3,(H,11,12);2-4H2,1H3,(H2,6,7). The number of hydrogen-bond donors (Lipinski definition) is 2. The Hall–Kier alpha value is -1.17. The van der Waals surface area contributed by atoms with E-state index < -0.39 is 12.2 Å². The van der Waals surface area contributed by atoms with E-state index in [4.69, 9.17) is 5.11 Å². The lowest BCUT2D eigenvalue weighted by atomic mass is 10.3. The van der Waals surface area contributed by atoms with Crippen molar-refractivity contribution in [3.8, 4) is 12.0 Å². The molecule has 2 amide bonds. The van der Waals surface area contributed by atoms with Gasteiger partial charge in [0.15, 0.2) is 0 Å². The Labute approximate surface area is 134 Å². The summed E-state index contributed by atoms with van der Waals surface area (Å²) in [4.78, 5) is 21.5. The normalized spacial score (nSPS) is 8.55. The van der Waals surface area contributed by atoms with Gasteiger partial charge in [-0.05, 0) is 12.8 Å². The van der Waals surface area contributed by atoms with E-state index in [2.05, 4.69) is 45.0 Å². The number of carbonyl (C=O) groups is 2. The van der Waals surface area contributed by atoms with Crippen molar-refractivity contribution in [2.75, 3.05) is 17.6 Å². The van der Waals surface area contributed by atoms with Crippen molar-refractivity contribution in [1.82, 2.24) is 4.90 Å². The van der Waals surface area contributed by atoms with Crippen LogP contribution in [0.2, 0.25) is 0 Å². The minimum atomic E-state index is -0.958. The summed E-state index contributed by atoms with van der Waals surface area (Å²) in [5.41, 5.74) is 4.67. The lowest BCUT2D eigenvalue weighted by Gasteiger charge is -2.09. The van der Waals surface area contributed by atoms with Gasteiger partial charge in [0.05, 0.1) is 11.0 Å². The number of nitrogens with two attached hydrogens (primary N) is 1. The molecule has 0 aromatic rings. The van der Waals surface area contributed by atoms with Crippen molar-refractivity contribution in [2.24, 2.45) is 5.73 Å². The van der Waals surface area contributed by atoms with E-state index in [1.54, 1.807) is 0 Å². The maximum atomic E-state index is 10.5. The Morgan fingerprint density at radius 1 is 1.30 bits per heavy atom. The molecule has 0 saturated carbocycles. The minimum absolute atomic E-state index is 0.450. The van der Waals surface area contributed by atoms with E-state index in [0.29, 0.717) is 17.6 Å². The second kappa shape index (κ2) is 15.9. The molecule has 0 aliphatic heterocycles. The Morgan fingerprint density at radius 2 is 1.90 bits per heavy atom. The first kappa shape index (κ1) is 21.1. The van der Waals surface area contributed by atoms with Gasteiger partial charge in [-0.25, -0.2) is 14.5 Å². The van der Waals surface area contributed by atoms with Gasteiger partial charge in [0, 0.05) is 12.6 Å². The number of amides is 2. The predicted molar refractivity (Wildman–Crippen MR) is 86.7 cm³/mol. The molecule has 3 N–H and O–H groups in total. The third-order valence-electron chi connectivity index (χ3n) is 1.99. The van der Waals surface area contributed by atoms with Crippen LogP contribution < -0.4 is 5.73 Å². The minimum Gasteiger partial charge on any atom is -0.464 e. The lowest BCUT2D eigenvalue weighted by Crippen LogP contribution is -2.25. The van der Waals surface area contributed by atoms with Gasteiger partial charge in [-0.2, -0.15) is 0 Å². The van der Waals surface area contributed by atoms with Gasteiger partial charge < -0.3 is 15.6 Å². The lowest BCUT2D eigenvalue weighted by molar-refractivity contribution is 0.155. The smallest absolute Gasteiger partial charge is 0.419 e. The molecule has 0 atom stereocenters. The van der Waals surface area contributed by atoms with Gasteiger partial charge in [-0.3, -0.25) is 0 Å². The van der Waals surface area contributed by atoms with Gasteiger partial charge in [-0.1, -0.05) is 55.2 Å². The summed E-state index contributed by atoms with van der Waals surface area (Å²) in [7, 11) is 0. The van der Waals surface area contributed by atoms with Crippen LogP contribution >= 0.6 is 22.6 Å². The molecule has 20 heavy (non-hydrogen) atoms. The number of carboxylic acid groups (broad SMARTS) is 1. The molecule has 0 fully saturated rings. The van der Waals surface area contributed by atoms with Gasteiger partial charge in [0.25, 0.3) is 0 Å². The van der Waals surface area contributed by atoms with E-state index in [0.717, 1.165) is 30.6 Å². The number of primary amides is 1. The molecule has 0 aliphatic rings. The van der Waals surface area contributed by atoms with Crippen molar-refractivity contribution in [1.29, 1.82) is 0 Å². The van der Waals surface area contributed by atoms with Crippen LogP contribution in [0.1, 0.15) is 39.5 Å². The van der Waals surface area contributed by atoms with Crippen LogP contribution in [0.15, 0.2) is 0 Å². The summed E-state index contributed by atoms with van der Waals surface area (Å²) in [6.07, 6.45) is 2.12. The quantitative estimate of drug-likeness (QED) is 0.237. The van der Waals surface area contributed by atoms with Crippen molar-refractivity contribution in [3.63, 3.8) is 0 Å². The first-order valence-corrected chi connectivity index (χ1v) is 7.99. The average Bonchev–Trinajstić information content (AvgIpc) is 2.39. The monoisotopic (exact) mass is 398 g/mol. The molecule has 0 heterocycles. The fourth-order valence-corrected chi connectivity index (χ4v) is 1.13. The molecule has 0 aromatic carbocycles. The van der Waals surface area contributed by atoms with E-state index in [-0.39, 0.29) is 0 Å². The Balaban J connectivity index is 0. The highest BCUT2D eigenvalue weighted by molar-refractivity contribution is 14.1. The molecule has 0 aliphatic carbocycles. The largest absolute Gasteiger partial charge is 0.464 e. The fraction of sp³-hybridized carbons (Fsp3) is 0.692. The van der Waals surface area contributed by atoms with Crippen LogP contribution in [-0.2, 0) is 4.74 Å². The van der Waals surface area contributed by atoms with Crippen LogP contribution in [0.4, 0.5) is 9.59 Å². The highest BCUT2D eigenvalue weighted by atomic mass is 127. The Kier molecular flexibility index (Phi) is 16.8. The molecule has 0 saturated heterocycles. The summed E-state index contributed by atoms with van der Waals surface area (Å²) >= 11 is 2.09. The average molecular weight is 398 g/mol. The summed E-state index contributed by atoms with van der Waals surface area (Å²) in [6.45, 7) is 5.00. The van der Waals surface area contributed by atoms with Crippen molar-refractivity contribution >= 4 is 34.8 Å². The zero-order chi connectivity index (χ0) is 15.8. The highest BCUT2D eigenvalue weighted by Gasteiger charge is 2.06.